The molecule has 214 valence electrons. The van der Waals surface area contributed by atoms with Crippen molar-refractivity contribution in [2.75, 3.05) is 6.61 Å². The molecule has 3 aromatic rings. The molecule has 6 N–H and O–H groups in total. The number of esters is 1. The number of aromatic hydroxyl groups is 3. The van der Waals surface area contributed by atoms with Gasteiger partial charge in [-0.2, -0.15) is 0 Å². The number of carbonyl (C=O) groups is 2. The van der Waals surface area contributed by atoms with Crippen LogP contribution in [-0.2, 0) is 9.47 Å². The number of phenolic OH excluding ortho intramolecular Hbond substituents is 3. The molecule has 9 bridgehead atoms. The summed E-state index contributed by atoms with van der Waals surface area (Å²) in [5, 5.41) is 63.4. The van der Waals surface area contributed by atoms with E-state index in [1.165, 1.54) is 37.3 Å². The fourth-order valence-corrected chi connectivity index (χ4v) is 5.22. The molecule has 6 atom stereocenters. The molecule has 6 rings (SSSR count). The van der Waals surface area contributed by atoms with Crippen molar-refractivity contribution in [1.29, 1.82) is 0 Å². The molecule has 12 nitrogen and oxygen atoms in total. The molecule has 1 fully saturated rings. The first-order chi connectivity index (χ1) is 19.5. The van der Waals surface area contributed by atoms with Gasteiger partial charge in [-0.1, -0.05) is 12.1 Å². The van der Waals surface area contributed by atoms with E-state index in [1.54, 1.807) is 12.1 Å². The normalized spacial score (nSPS) is 27.2. The van der Waals surface area contributed by atoms with Gasteiger partial charge in [-0.3, -0.25) is 4.79 Å². The van der Waals surface area contributed by atoms with E-state index in [0.29, 0.717) is 11.1 Å². The average Bonchev–Trinajstić information content (AvgIpc) is 2.95. The van der Waals surface area contributed by atoms with Crippen molar-refractivity contribution in [3.8, 4) is 39.9 Å². The van der Waals surface area contributed by atoms with Crippen LogP contribution in [0, 0.1) is 6.92 Å². The summed E-state index contributed by atoms with van der Waals surface area (Å²) in [5.41, 5.74) is 0.961. The van der Waals surface area contributed by atoms with Crippen LogP contribution < -0.4 is 9.47 Å². The predicted octanol–water partition coefficient (Wildman–Crippen LogP) is 1.84. The number of aliphatic hydroxyl groups is 3. The van der Waals surface area contributed by atoms with Crippen molar-refractivity contribution in [1.82, 2.24) is 0 Å². The maximum Gasteiger partial charge on any atom is 0.342 e. The largest absolute Gasteiger partial charge is 0.507 e. The van der Waals surface area contributed by atoms with E-state index < -0.39 is 66.7 Å². The second kappa shape index (κ2) is 9.93. The van der Waals surface area contributed by atoms with Gasteiger partial charge in [0.15, 0.2) is 5.78 Å². The van der Waals surface area contributed by atoms with Crippen molar-refractivity contribution in [2.24, 2.45) is 0 Å². The van der Waals surface area contributed by atoms with Crippen molar-refractivity contribution in [3.05, 3.63) is 64.7 Å². The highest BCUT2D eigenvalue weighted by molar-refractivity contribution is 6.03. The molecule has 2 unspecified atom stereocenters. The second-order valence-corrected chi connectivity index (χ2v) is 10.2. The Morgan fingerprint density at radius 2 is 1.54 bits per heavy atom. The molecule has 3 heterocycles. The van der Waals surface area contributed by atoms with Crippen LogP contribution in [0.5, 0.6) is 28.7 Å². The van der Waals surface area contributed by atoms with Gasteiger partial charge in [-0.25, -0.2) is 4.79 Å². The van der Waals surface area contributed by atoms with E-state index in [0.717, 1.165) is 0 Å². The topological polar surface area (TPSA) is 192 Å². The zero-order valence-electron chi connectivity index (χ0n) is 21.6. The Hall–Kier alpha value is -4.36. The Labute approximate surface area is 232 Å². The average molecular weight is 567 g/mol. The second-order valence-electron chi connectivity index (χ2n) is 10.2. The van der Waals surface area contributed by atoms with Gasteiger partial charge in [0.05, 0.1) is 6.42 Å². The molecule has 0 aliphatic carbocycles. The number of aliphatic hydroxyl groups excluding tert-OH is 3. The van der Waals surface area contributed by atoms with E-state index in [2.05, 4.69) is 0 Å². The number of benzene rings is 3. The molecule has 0 aromatic heterocycles. The number of phenols is 3. The van der Waals surface area contributed by atoms with Crippen molar-refractivity contribution >= 4 is 11.8 Å². The van der Waals surface area contributed by atoms with E-state index in [4.69, 9.17) is 18.9 Å². The van der Waals surface area contributed by atoms with E-state index in [-0.39, 0.29) is 45.9 Å². The summed E-state index contributed by atoms with van der Waals surface area (Å²) >= 11 is 0. The number of hydrogen-bond acceptors (Lipinski definition) is 12. The summed E-state index contributed by atoms with van der Waals surface area (Å²) in [6.45, 7) is 0.879. The van der Waals surface area contributed by atoms with Crippen LogP contribution in [0.1, 0.15) is 44.4 Å². The number of ether oxygens (including phenoxy) is 4. The lowest BCUT2D eigenvalue weighted by molar-refractivity contribution is -0.277. The molecule has 3 aromatic carbocycles. The third kappa shape index (κ3) is 4.50. The van der Waals surface area contributed by atoms with Gasteiger partial charge < -0.3 is 49.6 Å². The minimum Gasteiger partial charge on any atom is -0.507 e. The van der Waals surface area contributed by atoms with Crippen LogP contribution in [0.4, 0.5) is 0 Å². The number of cyclic esters (lactones) is 1. The Balaban J connectivity index is 1.51. The monoisotopic (exact) mass is 566 g/mol. The quantitative estimate of drug-likeness (QED) is 0.217. The van der Waals surface area contributed by atoms with Crippen LogP contribution in [0.15, 0.2) is 42.5 Å². The number of rotatable bonds is 0. The van der Waals surface area contributed by atoms with Gasteiger partial charge in [0, 0.05) is 17.2 Å². The molecule has 0 amide bonds. The summed E-state index contributed by atoms with van der Waals surface area (Å²) in [4.78, 5) is 26.1. The number of carbonyl (C=O) groups excluding carboxylic acids is 2. The highest BCUT2D eigenvalue weighted by Crippen LogP contribution is 2.46. The Kier molecular flexibility index (Phi) is 6.50. The number of hydrogen-bond donors (Lipinski definition) is 6. The number of ketones is 1. The molecular weight excluding hydrogens is 540 g/mol. The molecule has 0 saturated carbocycles. The standard InChI is InChI=1S/C29H26O12/c1-11-19-9-21-23(24(11)33)18(32)8-20(39-21)13-3-5-16(30)14(7-13)12-2-4-17(31)15(6-12)28(37)38-10-22-25(34)26(35)27(36)29(40-19)41-22/h2-7,9,20,22,25-27,29-31,33-36H,8,10H2,1H3/t20-,22?,25+,26?,27-,29+/m0/s1. The Morgan fingerprint density at radius 3 is 2.32 bits per heavy atom. The molecule has 1 saturated heterocycles. The highest BCUT2D eigenvalue weighted by Gasteiger charge is 2.46. The Bertz CT molecular complexity index is 1570. The molecule has 12 heteroatoms. The maximum atomic E-state index is 13.2. The summed E-state index contributed by atoms with van der Waals surface area (Å²) in [6, 6.07) is 9.94. The van der Waals surface area contributed by atoms with Gasteiger partial charge in [0.2, 0.25) is 6.29 Å². The third-order valence-corrected chi connectivity index (χ3v) is 7.60. The van der Waals surface area contributed by atoms with E-state index in [9.17, 15) is 40.2 Å². The maximum absolute atomic E-state index is 13.2. The van der Waals surface area contributed by atoms with Crippen LogP contribution in [0.25, 0.3) is 11.1 Å². The summed E-state index contributed by atoms with van der Waals surface area (Å²) in [6.07, 6.45) is -9.09. The first-order valence-electron chi connectivity index (χ1n) is 12.8. The lowest BCUT2D eigenvalue weighted by Crippen LogP contribution is -2.60. The van der Waals surface area contributed by atoms with Gasteiger partial charge in [-0.05, 0) is 42.3 Å². The highest BCUT2D eigenvalue weighted by atomic mass is 16.7. The van der Waals surface area contributed by atoms with E-state index >= 15 is 0 Å². The summed E-state index contributed by atoms with van der Waals surface area (Å²) in [7, 11) is 0. The Morgan fingerprint density at radius 1 is 0.805 bits per heavy atom. The molecule has 0 spiro atoms. The minimum absolute atomic E-state index is 0.00312. The van der Waals surface area contributed by atoms with Crippen LogP contribution >= 0.6 is 0 Å². The minimum atomic E-state index is -1.76. The first-order valence-corrected chi connectivity index (χ1v) is 12.8. The summed E-state index contributed by atoms with van der Waals surface area (Å²) in [5.74, 6) is -2.37. The third-order valence-electron chi connectivity index (χ3n) is 7.60. The number of Topliss-reactive ketones (excluding diaryl/α,β-unsaturated/α-hetero) is 1. The van der Waals surface area contributed by atoms with Gasteiger partial charge in [-0.15, -0.1) is 0 Å². The van der Waals surface area contributed by atoms with Crippen molar-refractivity contribution in [3.63, 3.8) is 0 Å². The molecule has 0 radical (unpaired) electrons. The lowest BCUT2D eigenvalue weighted by atomic mass is 9.92. The van der Waals surface area contributed by atoms with Gasteiger partial charge >= 0.3 is 5.97 Å². The smallest absolute Gasteiger partial charge is 0.342 e. The lowest BCUT2D eigenvalue weighted by Gasteiger charge is -2.40. The van der Waals surface area contributed by atoms with E-state index in [1.807, 2.05) is 0 Å². The van der Waals surface area contributed by atoms with Crippen LogP contribution in [0.3, 0.4) is 0 Å². The van der Waals surface area contributed by atoms with Gasteiger partial charge in [0.1, 0.15) is 77.0 Å². The molecule has 41 heavy (non-hydrogen) atoms. The van der Waals surface area contributed by atoms with Crippen LogP contribution in [-0.4, -0.2) is 79.7 Å². The zero-order chi connectivity index (χ0) is 29.2. The fraction of sp³-hybridized carbons (Fsp3) is 0.310. The SMILES string of the molecule is Cc1c2cc3c(c1O)C(=O)C[C@H](O3)c1ccc(O)c(c1)-c1ccc(O)c(c1)C(=O)OCC1O[C@@H](O2)[C@@H](O)C(O)[C@@H]1O. The molecular formula is C29H26O12. The van der Waals surface area contributed by atoms with Crippen molar-refractivity contribution < 1.29 is 59.2 Å². The first kappa shape index (κ1) is 26.8. The summed E-state index contributed by atoms with van der Waals surface area (Å²) < 4.78 is 22.8. The molecule has 3 aliphatic heterocycles. The number of fused-ring (bicyclic) bond motifs is 10. The zero-order valence-corrected chi connectivity index (χ0v) is 21.6. The molecule has 3 aliphatic rings. The van der Waals surface area contributed by atoms with Crippen LogP contribution in [0.2, 0.25) is 0 Å². The van der Waals surface area contributed by atoms with Crippen molar-refractivity contribution in [2.45, 2.75) is 50.2 Å². The predicted molar refractivity (Wildman–Crippen MR) is 138 cm³/mol. The van der Waals surface area contributed by atoms with Gasteiger partial charge in [0.25, 0.3) is 0 Å². The fourth-order valence-electron chi connectivity index (χ4n) is 5.22.